The van der Waals surface area contributed by atoms with Gasteiger partial charge in [0, 0.05) is 5.56 Å². The Labute approximate surface area is 132 Å². The molecule has 0 bridgehead atoms. The lowest BCUT2D eigenvalue weighted by molar-refractivity contribution is 0.103. The normalized spacial score (nSPS) is 10.2. The molecular formula is C12H8BrClN2OS2. The summed E-state index contributed by atoms with van der Waals surface area (Å²) in [5, 5.41) is 3.14. The molecule has 0 aliphatic carbocycles. The summed E-state index contributed by atoms with van der Waals surface area (Å²) in [6.45, 7) is 0. The number of carbonyl (C=O) groups is 1. The quantitative estimate of drug-likeness (QED) is 0.796. The average molecular weight is 376 g/mol. The highest BCUT2D eigenvalue weighted by Crippen LogP contribution is 2.26. The Balaban J connectivity index is 2.20. The Morgan fingerprint density at radius 1 is 1.37 bits per heavy atom. The van der Waals surface area contributed by atoms with E-state index < -0.39 is 0 Å². The molecule has 0 spiro atoms. The summed E-state index contributed by atoms with van der Waals surface area (Å²) in [6, 6.07) is 8.58. The minimum atomic E-state index is -0.208. The number of benzene rings is 1. The van der Waals surface area contributed by atoms with Crippen molar-refractivity contribution in [2.45, 2.75) is 0 Å². The Hall–Kier alpha value is -0.950. The van der Waals surface area contributed by atoms with Gasteiger partial charge in [0.2, 0.25) is 0 Å². The number of carbonyl (C=O) groups excluding carboxylic acids is 1. The summed E-state index contributed by atoms with van der Waals surface area (Å²) in [4.78, 5) is 12.8. The summed E-state index contributed by atoms with van der Waals surface area (Å²) in [7, 11) is 0. The molecule has 3 N–H and O–H groups in total. The van der Waals surface area contributed by atoms with Gasteiger partial charge in [-0.25, -0.2) is 0 Å². The van der Waals surface area contributed by atoms with Gasteiger partial charge in [0.15, 0.2) is 0 Å². The zero-order chi connectivity index (χ0) is 14.0. The number of anilines is 1. The molecule has 0 fully saturated rings. The first-order chi connectivity index (χ1) is 8.97. The Bertz CT molecular complexity index is 657. The summed E-state index contributed by atoms with van der Waals surface area (Å²) in [5.41, 5.74) is 6.70. The summed E-state index contributed by atoms with van der Waals surface area (Å²) in [5.74, 6) is -0.208. The smallest absolute Gasteiger partial charge is 0.265 e. The van der Waals surface area contributed by atoms with Crippen LogP contribution in [0.5, 0.6) is 0 Å². The molecule has 1 aromatic heterocycles. The van der Waals surface area contributed by atoms with E-state index in [2.05, 4.69) is 21.2 Å². The first kappa shape index (κ1) is 14.5. The van der Waals surface area contributed by atoms with Crippen LogP contribution in [0.25, 0.3) is 0 Å². The molecule has 19 heavy (non-hydrogen) atoms. The van der Waals surface area contributed by atoms with Crippen molar-refractivity contribution in [3.8, 4) is 0 Å². The molecule has 98 valence electrons. The molecule has 0 radical (unpaired) electrons. The fourth-order valence-corrected chi connectivity index (χ4v) is 3.03. The second-order valence-corrected chi connectivity index (χ2v) is 6.93. The second-order valence-electron chi connectivity index (χ2n) is 3.62. The Kier molecular flexibility index (Phi) is 4.57. The van der Waals surface area contributed by atoms with E-state index in [1.165, 1.54) is 11.3 Å². The van der Waals surface area contributed by atoms with Gasteiger partial charge in [-0.1, -0.05) is 23.8 Å². The standard InChI is InChI=1S/C12H8BrClN2OS2/c13-10-4-3-9(19-10)12(17)16-8-2-1-6(11(15)18)5-7(8)14/h1-5H,(H2,15,18)(H,16,17). The number of thiophene rings is 1. The van der Waals surface area contributed by atoms with Crippen LogP contribution in [0, 0.1) is 0 Å². The number of nitrogens with two attached hydrogens (primary N) is 1. The zero-order valence-corrected chi connectivity index (χ0v) is 13.4. The predicted molar refractivity (Wildman–Crippen MR) is 87.3 cm³/mol. The second kappa shape index (κ2) is 6.00. The van der Waals surface area contributed by atoms with Crippen molar-refractivity contribution in [3.63, 3.8) is 0 Å². The van der Waals surface area contributed by atoms with Gasteiger partial charge in [-0.15, -0.1) is 11.3 Å². The molecule has 0 atom stereocenters. The fraction of sp³-hybridized carbons (Fsp3) is 0. The number of rotatable bonds is 3. The van der Waals surface area contributed by atoms with E-state index in [1.807, 2.05) is 6.07 Å². The third-order valence-electron chi connectivity index (χ3n) is 2.30. The predicted octanol–water partition coefficient (Wildman–Crippen LogP) is 4.05. The summed E-state index contributed by atoms with van der Waals surface area (Å²) in [6.07, 6.45) is 0. The van der Waals surface area contributed by atoms with Crippen LogP contribution in [-0.2, 0) is 0 Å². The Morgan fingerprint density at radius 2 is 2.11 bits per heavy atom. The average Bonchev–Trinajstić information content (AvgIpc) is 2.78. The van der Waals surface area contributed by atoms with Crippen molar-refractivity contribution in [3.05, 3.63) is 49.6 Å². The molecular weight excluding hydrogens is 368 g/mol. The molecule has 0 saturated heterocycles. The molecule has 0 saturated carbocycles. The molecule has 2 aromatic rings. The third-order valence-corrected chi connectivity index (χ3v) is 4.47. The monoisotopic (exact) mass is 374 g/mol. The van der Waals surface area contributed by atoms with E-state index in [0.29, 0.717) is 21.2 Å². The van der Waals surface area contributed by atoms with Crippen LogP contribution in [0.15, 0.2) is 34.1 Å². The lowest BCUT2D eigenvalue weighted by atomic mass is 10.2. The van der Waals surface area contributed by atoms with Crippen molar-refractivity contribution in [1.82, 2.24) is 0 Å². The minimum absolute atomic E-state index is 0.208. The number of thiocarbonyl (C=S) groups is 1. The van der Waals surface area contributed by atoms with Gasteiger partial charge in [0.25, 0.3) is 5.91 Å². The van der Waals surface area contributed by atoms with E-state index in [9.17, 15) is 4.79 Å². The van der Waals surface area contributed by atoms with E-state index in [1.54, 1.807) is 24.3 Å². The van der Waals surface area contributed by atoms with Crippen molar-refractivity contribution < 1.29 is 4.79 Å². The van der Waals surface area contributed by atoms with E-state index >= 15 is 0 Å². The minimum Gasteiger partial charge on any atom is -0.389 e. The van der Waals surface area contributed by atoms with Gasteiger partial charge in [-0.3, -0.25) is 4.79 Å². The summed E-state index contributed by atoms with van der Waals surface area (Å²) < 4.78 is 0.896. The van der Waals surface area contributed by atoms with Gasteiger partial charge < -0.3 is 11.1 Å². The van der Waals surface area contributed by atoms with Gasteiger partial charge in [0.05, 0.1) is 19.4 Å². The first-order valence-corrected chi connectivity index (χ1v) is 7.53. The molecule has 0 aliphatic heterocycles. The van der Waals surface area contributed by atoms with E-state index in [0.717, 1.165) is 3.79 Å². The maximum atomic E-state index is 12.0. The number of amides is 1. The van der Waals surface area contributed by atoms with Crippen molar-refractivity contribution >= 4 is 67.7 Å². The highest BCUT2D eigenvalue weighted by atomic mass is 79.9. The van der Waals surface area contributed by atoms with Gasteiger partial charge in [-0.2, -0.15) is 0 Å². The SMILES string of the molecule is NC(=S)c1ccc(NC(=O)c2ccc(Br)s2)c(Cl)c1. The topological polar surface area (TPSA) is 55.1 Å². The largest absolute Gasteiger partial charge is 0.389 e. The molecule has 2 rings (SSSR count). The highest BCUT2D eigenvalue weighted by Gasteiger charge is 2.11. The molecule has 1 heterocycles. The Morgan fingerprint density at radius 3 is 2.63 bits per heavy atom. The molecule has 3 nitrogen and oxygen atoms in total. The van der Waals surface area contributed by atoms with Gasteiger partial charge >= 0.3 is 0 Å². The molecule has 0 aliphatic rings. The lowest BCUT2D eigenvalue weighted by Crippen LogP contribution is -2.12. The maximum absolute atomic E-state index is 12.0. The first-order valence-electron chi connectivity index (χ1n) is 5.13. The maximum Gasteiger partial charge on any atom is 0.265 e. The number of nitrogens with one attached hydrogen (secondary N) is 1. The molecule has 1 aromatic carbocycles. The highest BCUT2D eigenvalue weighted by molar-refractivity contribution is 9.11. The van der Waals surface area contributed by atoms with Crippen LogP contribution < -0.4 is 11.1 Å². The number of halogens is 2. The van der Waals surface area contributed by atoms with Crippen LogP contribution in [0.2, 0.25) is 5.02 Å². The van der Waals surface area contributed by atoms with Gasteiger partial charge in [0.1, 0.15) is 4.99 Å². The van der Waals surface area contributed by atoms with Crippen LogP contribution >= 0.6 is 51.1 Å². The number of hydrogen-bond acceptors (Lipinski definition) is 3. The molecule has 7 heteroatoms. The summed E-state index contributed by atoms with van der Waals surface area (Å²) >= 11 is 15.6. The zero-order valence-electron chi connectivity index (χ0n) is 9.44. The van der Waals surface area contributed by atoms with E-state index in [-0.39, 0.29) is 10.9 Å². The van der Waals surface area contributed by atoms with Crippen LogP contribution in [-0.4, -0.2) is 10.9 Å². The van der Waals surface area contributed by atoms with Crippen LogP contribution in [0.3, 0.4) is 0 Å². The van der Waals surface area contributed by atoms with Crippen molar-refractivity contribution in [2.75, 3.05) is 5.32 Å². The number of hydrogen-bond donors (Lipinski definition) is 2. The molecule has 0 unspecified atom stereocenters. The third kappa shape index (κ3) is 3.54. The van der Waals surface area contributed by atoms with Gasteiger partial charge in [-0.05, 0) is 46.3 Å². The van der Waals surface area contributed by atoms with Crippen molar-refractivity contribution in [1.29, 1.82) is 0 Å². The molecule has 1 amide bonds. The fourth-order valence-electron chi connectivity index (χ4n) is 1.39. The van der Waals surface area contributed by atoms with Crippen LogP contribution in [0.4, 0.5) is 5.69 Å². The van der Waals surface area contributed by atoms with E-state index in [4.69, 9.17) is 29.6 Å². The van der Waals surface area contributed by atoms with Crippen molar-refractivity contribution in [2.24, 2.45) is 5.73 Å². The van der Waals surface area contributed by atoms with Crippen LogP contribution in [0.1, 0.15) is 15.2 Å². The lowest BCUT2D eigenvalue weighted by Gasteiger charge is -2.07.